The molecule has 7 nitrogen and oxygen atoms in total. The van der Waals surface area contributed by atoms with Crippen LogP contribution >= 0.6 is 11.6 Å². The lowest BCUT2D eigenvalue weighted by Crippen LogP contribution is -2.56. The van der Waals surface area contributed by atoms with Crippen LogP contribution in [0.2, 0.25) is 5.02 Å². The summed E-state index contributed by atoms with van der Waals surface area (Å²) in [5, 5.41) is 22.2. The lowest BCUT2D eigenvalue weighted by molar-refractivity contribution is -0.157. The van der Waals surface area contributed by atoms with Crippen molar-refractivity contribution in [2.75, 3.05) is 5.32 Å². The zero-order valence-electron chi connectivity index (χ0n) is 18.7. The number of aliphatic hydroxyl groups is 2. The molecule has 0 saturated heterocycles. The minimum absolute atomic E-state index is 0.00933. The molecular weight excluding hydrogens is 504 g/mol. The Morgan fingerprint density at radius 1 is 1.09 bits per heavy atom. The van der Waals surface area contributed by atoms with Crippen LogP contribution in [0.4, 0.5) is 14.5 Å². The molecule has 2 aromatic rings. The highest BCUT2D eigenvalue weighted by atomic mass is 35.5. The molecule has 0 heterocycles. The molecule has 11 heteroatoms. The molecule has 2 aliphatic carbocycles. The van der Waals surface area contributed by atoms with Gasteiger partial charge in [0.15, 0.2) is 27.3 Å². The van der Waals surface area contributed by atoms with Crippen molar-refractivity contribution < 1.29 is 37.0 Å². The fraction of sp³-hybridized carbons (Fsp3) is 0.417. The molecule has 188 valence electrons. The molecule has 0 aliphatic heterocycles. The number of Topliss-reactive ketones (excluding diaryl/α,β-unsaturated/α-hetero) is 1. The highest BCUT2D eigenvalue weighted by Gasteiger charge is 2.60. The lowest BCUT2D eigenvalue weighted by Gasteiger charge is -2.41. The van der Waals surface area contributed by atoms with Crippen molar-refractivity contribution in [3.63, 3.8) is 0 Å². The minimum Gasteiger partial charge on any atom is -0.385 e. The number of halogens is 3. The number of aliphatic hydroxyl groups excluding tert-OH is 1. The van der Waals surface area contributed by atoms with Crippen LogP contribution in [0.15, 0.2) is 41.3 Å². The van der Waals surface area contributed by atoms with Crippen LogP contribution in [0, 0.1) is 23.5 Å². The number of rotatable bonds is 6. The van der Waals surface area contributed by atoms with Gasteiger partial charge >= 0.3 is 0 Å². The normalized spacial score (nSPS) is 26.9. The van der Waals surface area contributed by atoms with Crippen LogP contribution < -0.4 is 5.32 Å². The molecule has 5 atom stereocenters. The van der Waals surface area contributed by atoms with Crippen LogP contribution in [-0.4, -0.2) is 47.3 Å². The second-order valence-corrected chi connectivity index (χ2v) is 11.8. The number of sulfone groups is 1. The molecule has 2 fully saturated rings. The summed E-state index contributed by atoms with van der Waals surface area (Å²) in [6.07, 6.45) is -0.438. The number of carbonyl (C=O) groups is 2. The van der Waals surface area contributed by atoms with Crippen molar-refractivity contribution in [3.8, 4) is 0 Å². The second kappa shape index (κ2) is 9.24. The molecule has 0 aromatic heterocycles. The number of amides is 1. The van der Waals surface area contributed by atoms with E-state index in [1.807, 2.05) is 0 Å². The summed E-state index contributed by atoms with van der Waals surface area (Å²) in [5.41, 5.74) is -1.84. The van der Waals surface area contributed by atoms with E-state index in [0.29, 0.717) is 12.8 Å². The van der Waals surface area contributed by atoms with Gasteiger partial charge in [-0.05, 0) is 74.8 Å². The van der Waals surface area contributed by atoms with Crippen LogP contribution in [0.3, 0.4) is 0 Å². The number of nitrogens with one attached hydrogen (secondary N) is 1. The van der Waals surface area contributed by atoms with E-state index in [-0.39, 0.29) is 34.0 Å². The summed E-state index contributed by atoms with van der Waals surface area (Å²) in [6.45, 7) is 1.28. The Bertz CT molecular complexity index is 1280. The number of carbonyl (C=O) groups excluding carboxylic acids is 2. The molecule has 4 rings (SSSR count). The van der Waals surface area contributed by atoms with Gasteiger partial charge in [-0.25, -0.2) is 17.2 Å². The lowest BCUT2D eigenvalue weighted by atomic mass is 9.71. The molecule has 2 saturated carbocycles. The summed E-state index contributed by atoms with van der Waals surface area (Å²) in [5.74, 6) is -4.92. The van der Waals surface area contributed by atoms with Gasteiger partial charge in [0.2, 0.25) is 0 Å². The van der Waals surface area contributed by atoms with Gasteiger partial charge in [-0.2, -0.15) is 0 Å². The zero-order valence-corrected chi connectivity index (χ0v) is 20.2. The standard InChI is InChI=1S/C24H24ClF2NO6S/c1-12(29)22(30)24(32)14-3-4-15(24)10-17(9-14)35(33,34)21-8-13(2-6-18(21)25)23(31)28-16-5-7-19(26)20(27)11-16/h2,5-8,11-12,14-15,17,29,32H,3-4,9-10H2,1H3,(H,28,31)/t12-,14-,15?,17?,24?/m0/s1. The van der Waals surface area contributed by atoms with Crippen molar-refractivity contribution in [3.05, 3.63) is 58.6 Å². The van der Waals surface area contributed by atoms with E-state index >= 15 is 0 Å². The van der Waals surface area contributed by atoms with Crippen molar-refractivity contribution in [1.29, 1.82) is 0 Å². The average molecular weight is 528 g/mol. The molecule has 2 bridgehead atoms. The van der Waals surface area contributed by atoms with E-state index in [1.54, 1.807) is 0 Å². The molecule has 2 aliphatic rings. The highest BCUT2D eigenvalue weighted by Crippen LogP contribution is 2.52. The highest BCUT2D eigenvalue weighted by molar-refractivity contribution is 7.92. The fourth-order valence-electron chi connectivity index (χ4n) is 5.31. The van der Waals surface area contributed by atoms with E-state index in [9.17, 15) is 37.0 Å². The summed E-state index contributed by atoms with van der Waals surface area (Å²) >= 11 is 6.20. The molecule has 0 radical (unpaired) electrons. The summed E-state index contributed by atoms with van der Waals surface area (Å²) < 4.78 is 53.7. The van der Waals surface area contributed by atoms with Gasteiger partial charge in [-0.1, -0.05) is 11.6 Å². The molecular formula is C24H24ClF2NO6S. The summed E-state index contributed by atoms with van der Waals surface area (Å²) in [6, 6.07) is 6.51. The first-order chi connectivity index (χ1) is 16.4. The van der Waals surface area contributed by atoms with Crippen molar-refractivity contribution >= 4 is 38.8 Å². The first kappa shape index (κ1) is 25.7. The molecule has 3 unspecified atom stereocenters. The Kier molecular flexibility index (Phi) is 6.78. The number of hydrogen-bond acceptors (Lipinski definition) is 6. The smallest absolute Gasteiger partial charge is 0.255 e. The summed E-state index contributed by atoms with van der Waals surface area (Å²) in [4.78, 5) is 24.9. The van der Waals surface area contributed by atoms with Crippen LogP contribution in [0.25, 0.3) is 0 Å². The first-order valence-electron chi connectivity index (χ1n) is 11.1. The number of hydrogen-bond donors (Lipinski definition) is 3. The van der Waals surface area contributed by atoms with Gasteiger partial charge in [0.1, 0.15) is 11.7 Å². The van der Waals surface area contributed by atoms with E-state index in [4.69, 9.17) is 11.6 Å². The van der Waals surface area contributed by atoms with Crippen molar-refractivity contribution in [2.45, 2.75) is 54.5 Å². The SMILES string of the molecule is C[C@H](O)C(=O)C1(O)C2CC[C@H]1CC(S(=O)(=O)c1cc(C(=O)Nc3ccc(F)c(F)c3)ccc1Cl)C2. The predicted octanol–water partition coefficient (Wildman–Crippen LogP) is 3.51. The molecule has 2 aromatic carbocycles. The van der Waals surface area contributed by atoms with Crippen LogP contribution in [0.1, 0.15) is 43.0 Å². The zero-order chi connectivity index (χ0) is 25.7. The van der Waals surface area contributed by atoms with Crippen molar-refractivity contribution in [2.24, 2.45) is 11.8 Å². The number of ketones is 1. The van der Waals surface area contributed by atoms with E-state index in [1.165, 1.54) is 19.1 Å². The Labute approximate surface area is 206 Å². The molecule has 0 spiro atoms. The minimum atomic E-state index is -4.06. The van der Waals surface area contributed by atoms with Gasteiger partial charge in [0.25, 0.3) is 5.91 Å². The number of fused-ring (bicyclic) bond motifs is 2. The Morgan fingerprint density at radius 2 is 1.71 bits per heavy atom. The molecule has 1 amide bonds. The molecule has 3 N–H and O–H groups in total. The predicted molar refractivity (Wildman–Crippen MR) is 124 cm³/mol. The van der Waals surface area contributed by atoms with Crippen molar-refractivity contribution in [1.82, 2.24) is 0 Å². The average Bonchev–Trinajstić information content (AvgIpc) is 2.97. The second-order valence-electron chi connectivity index (χ2n) is 9.20. The van der Waals surface area contributed by atoms with E-state index < -0.39 is 62.0 Å². The third-order valence-electron chi connectivity index (χ3n) is 7.09. The van der Waals surface area contributed by atoms with Crippen LogP contribution in [-0.2, 0) is 14.6 Å². The largest absolute Gasteiger partial charge is 0.385 e. The quantitative estimate of drug-likeness (QED) is 0.528. The maximum absolute atomic E-state index is 13.5. The summed E-state index contributed by atoms with van der Waals surface area (Å²) in [7, 11) is -4.06. The Hall–Kier alpha value is -2.40. The maximum atomic E-state index is 13.5. The van der Waals surface area contributed by atoms with Crippen LogP contribution in [0.5, 0.6) is 0 Å². The van der Waals surface area contributed by atoms with Gasteiger partial charge in [0.05, 0.1) is 15.2 Å². The number of anilines is 1. The van der Waals surface area contributed by atoms with E-state index in [2.05, 4.69) is 5.32 Å². The maximum Gasteiger partial charge on any atom is 0.255 e. The number of benzene rings is 2. The van der Waals surface area contributed by atoms with Gasteiger partial charge < -0.3 is 15.5 Å². The fourth-order valence-corrected chi connectivity index (χ4v) is 7.71. The third kappa shape index (κ3) is 4.48. The van der Waals surface area contributed by atoms with E-state index in [0.717, 1.165) is 24.3 Å². The topological polar surface area (TPSA) is 121 Å². The molecule has 35 heavy (non-hydrogen) atoms. The third-order valence-corrected chi connectivity index (χ3v) is 9.75. The Morgan fingerprint density at radius 3 is 2.29 bits per heavy atom. The van der Waals surface area contributed by atoms with Gasteiger partial charge in [-0.15, -0.1) is 0 Å². The van der Waals surface area contributed by atoms with Gasteiger partial charge in [0, 0.05) is 17.3 Å². The van der Waals surface area contributed by atoms with Gasteiger partial charge in [-0.3, -0.25) is 9.59 Å². The monoisotopic (exact) mass is 527 g/mol. The Balaban J connectivity index is 1.59. The first-order valence-corrected chi connectivity index (χ1v) is 13.0.